The summed E-state index contributed by atoms with van der Waals surface area (Å²) < 4.78 is 15.8. The molecule has 2 aromatic carbocycles. The zero-order chi connectivity index (χ0) is 13.4. The van der Waals surface area contributed by atoms with E-state index in [0.717, 1.165) is 21.1 Å². The van der Waals surface area contributed by atoms with Crippen molar-refractivity contribution in [2.24, 2.45) is 0 Å². The van der Waals surface area contributed by atoms with Crippen LogP contribution < -0.4 is 5.73 Å². The lowest BCUT2D eigenvalue weighted by atomic mass is 10.2. The highest BCUT2D eigenvalue weighted by Crippen LogP contribution is 2.23. The average Bonchev–Trinajstić information content (AvgIpc) is 2.68. The molecule has 0 aliphatic rings. The van der Waals surface area contributed by atoms with Gasteiger partial charge < -0.3 is 10.3 Å². The van der Waals surface area contributed by atoms with Crippen LogP contribution in [0.1, 0.15) is 5.56 Å². The monoisotopic (exact) mass is 319 g/mol. The Balaban J connectivity index is 2.05. The van der Waals surface area contributed by atoms with Crippen LogP contribution >= 0.6 is 15.9 Å². The average molecular weight is 320 g/mol. The second kappa shape index (κ2) is 4.66. The number of halogens is 2. The van der Waals surface area contributed by atoms with Gasteiger partial charge in [0.25, 0.3) is 0 Å². The van der Waals surface area contributed by atoms with Gasteiger partial charge in [-0.25, -0.2) is 9.37 Å². The molecule has 1 aromatic heterocycles. The molecule has 0 aliphatic carbocycles. The number of anilines is 1. The van der Waals surface area contributed by atoms with Gasteiger partial charge in [0.05, 0.1) is 17.6 Å². The molecule has 0 spiro atoms. The number of aromatic nitrogens is 2. The van der Waals surface area contributed by atoms with E-state index in [4.69, 9.17) is 5.73 Å². The van der Waals surface area contributed by atoms with Crippen LogP contribution in [0.5, 0.6) is 0 Å². The van der Waals surface area contributed by atoms with Crippen LogP contribution in [0.25, 0.3) is 11.0 Å². The van der Waals surface area contributed by atoms with Crippen molar-refractivity contribution in [3.8, 4) is 0 Å². The lowest BCUT2D eigenvalue weighted by Gasteiger charge is -2.06. The SMILES string of the molecule is Nc1nc2cc(Br)ccc2n1Cc1ccc(F)cc1. The Labute approximate surface area is 118 Å². The van der Waals surface area contributed by atoms with E-state index >= 15 is 0 Å². The zero-order valence-electron chi connectivity index (χ0n) is 9.98. The maximum Gasteiger partial charge on any atom is 0.201 e. The normalized spacial score (nSPS) is 11.1. The third-order valence-corrected chi connectivity index (χ3v) is 3.49. The summed E-state index contributed by atoms with van der Waals surface area (Å²) in [5, 5.41) is 0. The van der Waals surface area contributed by atoms with Crippen molar-refractivity contribution in [3.05, 3.63) is 58.3 Å². The topological polar surface area (TPSA) is 43.8 Å². The zero-order valence-corrected chi connectivity index (χ0v) is 11.6. The summed E-state index contributed by atoms with van der Waals surface area (Å²) in [5.41, 5.74) is 8.73. The molecule has 0 saturated heterocycles. The smallest absolute Gasteiger partial charge is 0.201 e. The Morgan fingerprint density at radius 2 is 1.89 bits per heavy atom. The van der Waals surface area contributed by atoms with Gasteiger partial charge in [-0.15, -0.1) is 0 Å². The Morgan fingerprint density at radius 3 is 2.63 bits per heavy atom. The van der Waals surface area contributed by atoms with Crippen LogP contribution in [-0.4, -0.2) is 9.55 Å². The molecule has 0 bridgehead atoms. The highest BCUT2D eigenvalue weighted by Gasteiger charge is 2.08. The number of nitrogen functional groups attached to an aromatic ring is 1. The molecule has 3 aromatic rings. The largest absolute Gasteiger partial charge is 0.369 e. The van der Waals surface area contributed by atoms with Crippen molar-refractivity contribution in [1.82, 2.24) is 9.55 Å². The third kappa shape index (κ3) is 2.33. The second-order valence-corrected chi connectivity index (χ2v) is 5.23. The molecular formula is C14H11BrFN3. The summed E-state index contributed by atoms with van der Waals surface area (Å²) >= 11 is 3.41. The van der Waals surface area contributed by atoms with Crippen molar-refractivity contribution in [1.29, 1.82) is 0 Å². The lowest BCUT2D eigenvalue weighted by Crippen LogP contribution is -2.04. The maximum absolute atomic E-state index is 12.9. The van der Waals surface area contributed by atoms with Crippen LogP contribution in [0.3, 0.4) is 0 Å². The van der Waals surface area contributed by atoms with E-state index in [2.05, 4.69) is 20.9 Å². The minimum absolute atomic E-state index is 0.240. The van der Waals surface area contributed by atoms with Gasteiger partial charge >= 0.3 is 0 Å². The first kappa shape index (κ1) is 12.2. The predicted octanol–water partition coefficient (Wildman–Crippen LogP) is 3.57. The molecule has 0 atom stereocenters. The molecule has 3 rings (SSSR count). The minimum Gasteiger partial charge on any atom is -0.369 e. The quantitative estimate of drug-likeness (QED) is 0.784. The summed E-state index contributed by atoms with van der Waals surface area (Å²) in [5.74, 6) is 0.216. The molecule has 0 unspecified atom stereocenters. The first-order valence-corrected chi connectivity index (χ1v) is 6.58. The summed E-state index contributed by atoms with van der Waals surface area (Å²) in [4.78, 5) is 4.32. The molecule has 5 heteroatoms. The van der Waals surface area contributed by atoms with Crippen LogP contribution in [0, 0.1) is 5.82 Å². The molecule has 0 aliphatic heterocycles. The fraction of sp³-hybridized carbons (Fsp3) is 0.0714. The summed E-state index contributed by atoms with van der Waals surface area (Å²) in [6, 6.07) is 12.2. The maximum atomic E-state index is 12.9. The minimum atomic E-state index is -0.240. The molecule has 3 nitrogen and oxygen atoms in total. The van der Waals surface area contributed by atoms with Crippen LogP contribution in [0.2, 0.25) is 0 Å². The van der Waals surface area contributed by atoms with Gasteiger partial charge in [0.1, 0.15) is 5.82 Å². The number of nitrogens with zero attached hydrogens (tertiary/aromatic N) is 2. The van der Waals surface area contributed by atoms with E-state index in [1.807, 2.05) is 22.8 Å². The molecule has 2 N–H and O–H groups in total. The number of imidazole rings is 1. The van der Waals surface area contributed by atoms with Gasteiger partial charge in [-0.3, -0.25) is 0 Å². The lowest BCUT2D eigenvalue weighted by molar-refractivity contribution is 0.626. The van der Waals surface area contributed by atoms with Crippen molar-refractivity contribution in [3.63, 3.8) is 0 Å². The van der Waals surface area contributed by atoms with Crippen LogP contribution in [-0.2, 0) is 6.54 Å². The highest BCUT2D eigenvalue weighted by molar-refractivity contribution is 9.10. The Bertz CT molecular complexity index is 734. The Morgan fingerprint density at radius 1 is 1.16 bits per heavy atom. The fourth-order valence-electron chi connectivity index (χ4n) is 2.06. The van der Waals surface area contributed by atoms with Crippen molar-refractivity contribution < 1.29 is 4.39 Å². The molecule has 1 heterocycles. The molecule has 0 fully saturated rings. The molecule has 96 valence electrons. The number of nitrogens with two attached hydrogens (primary N) is 1. The first-order valence-electron chi connectivity index (χ1n) is 5.79. The van der Waals surface area contributed by atoms with Crippen LogP contribution in [0.4, 0.5) is 10.3 Å². The Hall–Kier alpha value is -1.88. The number of benzene rings is 2. The number of fused-ring (bicyclic) bond motifs is 1. The molecule has 0 saturated carbocycles. The standard InChI is InChI=1S/C14H11BrFN3/c15-10-3-6-13-12(7-10)18-14(17)19(13)8-9-1-4-11(16)5-2-9/h1-7H,8H2,(H2,17,18). The molecule has 0 amide bonds. The third-order valence-electron chi connectivity index (χ3n) is 2.99. The Kier molecular flexibility index (Phi) is 2.98. The summed E-state index contributed by atoms with van der Waals surface area (Å²) in [7, 11) is 0. The van der Waals surface area contributed by atoms with Gasteiger partial charge in [0.2, 0.25) is 5.95 Å². The van der Waals surface area contributed by atoms with E-state index in [1.54, 1.807) is 12.1 Å². The van der Waals surface area contributed by atoms with E-state index in [1.165, 1.54) is 12.1 Å². The van der Waals surface area contributed by atoms with E-state index in [-0.39, 0.29) is 5.82 Å². The molecule has 0 radical (unpaired) electrons. The van der Waals surface area contributed by atoms with Crippen molar-refractivity contribution in [2.45, 2.75) is 6.54 Å². The summed E-state index contributed by atoms with van der Waals surface area (Å²) in [6.07, 6.45) is 0. The van der Waals surface area contributed by atoms with Gasteiger partial charge in [-0.2, -0.15) is 0 Å². The summed E-state index contributed by atoms with van der Waals surface area (Å²) in [6.45, 7) is 0.574. The van der Waals surface area contributed by atoms with E-state index < -0.39 is 0 Å². The molecule has 19 heavy (non-hydrogen) atoms. The number of hydrogen-bond acceptors (Lipinski definition) is 2. The fourth-order valence-corrected chi connectivity index (χ4v) is 2.41. The highest BCUT2D eigenvalue weighted by atomic mass is 79.9. The van der Waals surface area contributed by atoms with Crippen molar-refractivity contribution in [2.75, 3.05) is 5.73 Å². The number of rotatable bonds is 2. The second-order valence-electron chi connectivity index (χ2n) is 4.32. The van der Waals surface area contributed by atoms with Gasteiger partial charge in [-0.05, 0) is 35.9 Å². The first-order chi connectivity index (χ1) is 9.13. The number of hydrogen-bond donors (Lipinski definition) is 1. The van der Waals surface area contributed by atoms with E-state index in [0.29, 0.717) is 12.5 Å². The van der Waals surface area contributed by atoms with E-state index in [9.17, 15) is 4.39 Å². The predicted molar refractivity (Wildman–Crippen MR) is 77.3 cm³/mol. The van der Waals surface area contributed by atoms with Gasteiger partial charge in [0.15, 0.2) is 0 Å². The van der Waals surface area contributed by atoms with Gasteiger partial charge in [0, 0.05) is 4.47 Å². The van der Waals surface area contributed by atoms with Crippen LogP contribution in [0.15, 0.2) is 46.9 Å². The van der Waals surface area contributed by atoms with Gasteiger partial charge in [-0.1, -0.05) is 28.1 Å². The van der Waals surface area contributed by atoms with Crippen molar-refractivity contribution >= 4 is 32.9 Å². The molecular weight excluding hydrogens is 309 g/mol.